The van der Waals surface area contributed by atoms with Crippen molar-refractivity contribution in [2.75, 3.05) is 25.0 Å². The molecule has 0 aliphatic carbocycles. The first-order valence-electron chi connectivity index (χ1n) is 9.61. The van der Waals surface area contributed by atoms with Crippen LogP contribution in [0.2, 0.25) is 0 Å². The summed E-state index contributed by atoms with van der Waals surface area (Å²) >= 11 is 1.31. The van der Waals surface area contributed by atoms with E-state index in [0.29, 0.717) is 24.7 Å². The van der Waals surface area contributed by atoms with E-state index in [4.69, 9.17) is 4.74 Å². The highest BCUT2D eigenvalue weighted by Gasteiger charge is 2.24. The van der Waals surface area contributed by atoms with Crippen molar-refractivity contribution in [1.82, 2.24) is 15.2 Å². The van der Waals surface area contributed by atoms with E-state index in [1.807, 2.05) is 35.7 Å². The van der Waals surface area contributed by atoms with Gasteiger partial charge < -0.3 is 15.4 Å². The molecule has 0 radical (unpaired) electrons. The molecule has 2 N–H and O–H groups in total. The van der Waals surface area contributed by atoms with E-state index >= 15 is 0 Å². The van der Waals surface area contributed by atoms with Crippen LogP contribution in [0.25, 0.3) is 0 Å². The highest BCUT2D eigenvalue weighted by Crippen LogP contribution is 2.21. The first-order valence-corrected chi connectivity index (χ1v) is 10.5. The van der Waals surface area contributed by atoms with Gasteiger partial charge in [-0.1, -0.05) is 24.6 Å². The summed E-state index contributed by atoms with van der Waals surface area (Å²) in [4.78, 5) is 30.7. The SMILES string of the molecule is CCOC(=O)c1nc(CN2CCCC[C@H]2CNC(=O)Nc2ccccc2)cs1. The predicted octanol–water partition coefficient (Wildman–Crippen LogP) is 3.50. The van der Waals surface area contributed by atoms with Gasteiger partial charge in [0.15, 0.2) is 0 Å². The molecule has 1 atom stereocenters. The summed E-state index contributed by atoms with van der Waals surface area (Å²) in [5.41, 5.74) is 1.64. The van der Waals surface area contributed by atoms with Crippen LogP contribution in [-0.2, 0) is 11.3 Å². The number of ether oxygens (including phenoxy) is 1. The first-order chi connectivity index (χ1) is 13.7. The number of rotatable bonds is 7. The fraction of sp³-hybridized carbons (Fsp3) is 0.450. The Hall–Kier alpha value is -2.45. The van der Waals surface area contributed by atoms with Gasteiger partial charge in [-0.05, 0) is 38.4 Å². The number of thiazole rings is 1. The fourth-order valence-corrected chi connectivity index (χ4v) is 3.98. The Balaban J connectivity index is 1.52. The number of para-hydroxylation sites is 1. The van der Waals surface area contributed by atoms with Gasteiger partial charge in [-0.15, -0.1) is 11.3 Å². The van der Waals surface area contributed by atoms with E-state index in [9.17, 15) is 9.59 Å². The minimum Gasteiger partial charge on any atom is -0.461 e. The third kappa shape index (κ3) is 5.77. The standard InChI is InChI=1S/C20H26N4O3S/c1-2-27-19(25)18-22-16(14-28-18)13-24-11-7-6-10-17(24)12-21-20(26)23-15-8-4-3-5-9-15/h3-5,8-9,14,17H,2,6-7,10-13H2,1H3,(H2,21,23,26)/t17-/m0/s1. The van der Waals surface area contributed by atoms with Gasteiger partial charge >= 0.3 is 12.0 Å². The van der Waals surface area contributed by atoms with Crippen molar-refractivity contribution in [1.29, 1.82) is 0 Å². The zero-order chi connectivity index (χ0) is 19.8. The van der Waals surface area contributed by atoms with Crippen LogP contribution in [0.3, 0.4) is 0 Å². The largest absolute Gasteiger partial charge is 0.461 e. The topological polar surface area (TPSA) is 83.6 Å². The van der Waals surface area contributed by atoms with Gasteiger partial charge in [0.1, 0.15) is 0 Å². The summed E-state index contributed by atoms with van der Waals surface area (Å²) in [6, 6.07) is 9.45. The van der Waals surface area contributed by atoms with E-state index in [-0.39, 0.29) is 18.0 Å². The van der Waals surface area contributed by atoms with Crippen LogP contribution in [0.1, 0.15) is 41.7 Å². The molecule has 8 heteroatoms. The number of aromatic nitrogens is 1. The molecule has 0 unspecified atom stereocenters. The molecule has 0 spiro atoms. The molecule has 150 valence electrons. The molecule has 2 heterocycles. The Morgan fingerprint density at radius 3 is 2.89 bits per heavy atom. The van der Waals surface area contributed by atoms with E-state index < -0.39 is 0 Å². The molecule has 7 nitrogen and oxygen atoms in total. The zero-order valence-corrected chi connectivity index (χ0v) is 16.8. The van der Waals surface area contributed by atoms with Crippen molar-refractivity contribution >= 4 is 29.0 Å². The van der Waals surface area contributed by atoms with Crippen molar-refractivity contribution in [3.05, 3.63) is 46.4 Å². The number of hydrogen-bond donors (Lipinski definition) is 2. The molecule has 1 fully saturated rings. The Labute approximate surface area is 169 Å². The molecule has 1 aliphatic rings. The van der Waals surface area contributed by atoms with Crippen molar-refractivity contribution in [3.63, 3.8) is 0 Å². The predicted molar refractivity (Wildman–Crippen MR) is 110 cm³/mol. The third-order valence-electron chi connectivity index (χ3n) is 4.65. The van der Waals surface area contributed by atoms with Gasteiger partial charge in [0.2, 0.25) is 5.01 Å². The second kappa shape index (κ2) is 10.2. The second-order valence-corrected chi connectivity index (χ2v) is 7.54. The molecule has 2 amide bonds. The molecular weight excluding hydrogens is 376 g/mol. The number of anilines is 1. The number of urea groups is 1. The number of nitrogens with one attached hydrogen (secondary N) is 2. The monoisotopic (exact) mass is 402 g/mol. The van der Waals surface area contributed by atoms with Crippen molar-refractivity contribution in [3.8, 4) is 0 Å². The smallest absolute Gasteiger partial charge is 0.367 e. The van der Waals surface area contributed by atoms with E-state index in [0.717, 1.165) is 37.2 Å². The average Bonchev–Trinajstić information content (AvgIpc) is 3.17. The number of hydrogen-bond acceptors (Lipinski definition) is 6. The van der Waals surface area contributed by atoms with Gasteiger partial charge in [0.25, 0.3) is 0 Å². The quantitative estimate of drug-likeness (QED) is 0.693. The average molecular weight is 403 g/mol. The summed E-state index contributed by atoms with van der Waals surface area (Å²) in [6.45, 7) is 4.33. The Morgan fingerprint density at radius 1 is 1.29 bits per heavy atom. The number of benzene rings is 1. The number of piperidine rings is 1. The Bertz CT molecular complexity index is 781. The number of amides is 2. The molecule has 1 saturated heterocycles. The highest BCUT2D eigenvalue weighted by molar-refractivity contribution is 7.11. The van der Waals surface area contributed by atoms with Crippen LogP contribution >= 0.6 is 11.3 Å². The maximum atomic E-state index is 12.2. The number of carbonyl (C=O) groups is 2. The summed E-state index contributed by atoms with van der Waals surface area (Å²) in [5.74, 6) is -0.367. The normalized spacial score (nSPS) is 17.1. The minimum atomic E-state index is -0.367. The molecule has 0 bridgehead atoms. The second-order valence-electron chi connectivity index (χ2n) is 6.69. The van der Waals surface area contributed by atoms with Crippen molar-refractivity contribution in [2.24, 2.45) is 0 Å². The molecule has 1 aromatic heterocycles. The molecule has 28 heavy (non-hydrogen) atoms. The Kier molecular flexibility index (Phi) is 7.39. The van der Waals surface area contributed by atoms with Gasteiger partial charge in [-0.3, -0.25) is 4.90 Å². The lowest BCUT2D eigenvalue weighted by molar-refractivity contribution is 0.0525. The Morgan fingerprint density at radius 2 is 2.11 bits per heavy atom. The molecule has 3 rings (SSSR count). The van der Waals surface area contributed by atoms with Crippen LogP contribution in [0.5, 0.6) is 0 Å². The van der Waals surface area contributed by atoms with Gasteiger partial charge in [-0.25, -0.2) is 14.6 Å². The highest BCUT2D eigenvalue weighted by atomic mass is 32.1. The molecule has 1 aromatic carbocycles. The molecule has 1 aliphatic heterocycles. The zero-order valence-electron chi connectivity index (χ0n) is 16.0. The fourth-order valence-electron chi connectivity index (χ4n) is 3.28. The first kappa shape index (κ1) is 20.3. The van der Waals surface area contributed by atoms with Crippen molar-refractivity contribution in [2.45, 2.75) is 38.8 Å². The molecule has 0 saturated carbocycles. The molecule has 2 aromatic rings. The van der Waals surface area contributed by atoms with Crippen LogP contribution in [0.15, 0.2) is 35.7 Å². The number of likely N-dealkylation sites (tertiary alicyclic amines) is 1. The van der Waals surface area contributed by atoms with Gasteiger partial charge in [0, 0.05) is 30.2 Å². The lowest BCUT2D eigenvalue weighted by atomic mass is 10.0. The summed E-state index contributed by atoms with van der Waals surface area (Å²) in [5, 5.41) is 8.12. The van der Waals surface area contributed by atoms with Crippen LogP contribution < -0.4 is 10.6 Å². The minimum absolute atomic E-state index is 0.199. The van der Waals surface area contributed by atoms with E-state index in [1.165, 1.54) is 11.3 Å². The maximum absolute atomic E-state index is 12.2. The lowest BCUT2D eigenvalue weighted by Gasteiger charge is -2.35. The van der Waals surface area contributed by atoms with Gasteiger partial charge in [-0.2, -0.15) is 0 Å². The molecular formula is C20H26N4O3S. The van der Waals surface area contributed by atoms with E-state index in [1.54, 1.807) is 6.92 Å². The number of nitrogens with zero attached hydrogens (tertiary/aromatic N) is 2. The van der Waals surface area contributed by atoms with Crippen LogP contribution in [0.4, 0.5) is 10.5 Å². The van der Waals surface area contributed by atoms with Gasteiger partial charge in [0.05, 0.1) is 12.3 Å². The summed E-state index contributed by atoms with van der Waals surface area (Å²) in [6.07, 6.45) is 3.30. The lowest BCUT2D eigenvalue weighted by Crippen LogP contribution is -2.47. The van der Waals surface area contributed by atoms with Crippen LogP contribution in [-0.4, -0.2) is 47.6 Å². The summed E-state index contributed by atoms with van der Waals surface area (Å²) < 4.78 is 5.01. The number of carbonyl (C=O) groups excluding carboxylic acids is 2. The number of esters is 1. The summed E-state index contributed by atoms with van der Waals surface area (Å²) in [7, 11) is 0. The van der Waals surface area contributed by atoms with Crippen LogP contribution in [0, 0.1) is 0 Å². The van der Waals surface area contributed by atoms with Crippen molar-refractivity contribution < 1.29 is 14.3 Å². The van der Waals surface area contributed by atoms with E-state index in [2.05, 4.69) is 20.5 Å². The maximum Gasteiger partial charge on any atom is 0.367 e. The third-order valence-corrected chi connectivity index (χ3v) is 5.52.